The van der Waals surface area contributed by atoms with Crippen molar-refractivity contribution < 1.29 is 13.5 Å². The van der Waals surface area contributed by atoms with Crippen molar-refractivity contribution in [2.75, 3.05) is 26.0 Å². The van der Waals surface area contributed by atoms with E-state index >= 15 is 0 Å². The van der Waals surface area contributed by atoms with Crippen molar-refractivity contribution in [1.82, 2.24) is 5.32 Å². The van der Waals surface area contributed by atoms with Gasteiger partial charge in [-0.05, 0) is 24.7 Å². The summed E-state index contributed by atoms with van der Waals surface area (Å²) in [6.07, 6.45) is 0. The van der Waals surface area contributed by atoms with Gasteiger partial charge in [0.2, 0.25) is 0 Å². The van der Waals surface area contributed by atoms with Crippen molar-refractivity contribution in [3.63, 3.8) is 0 Å². The van der Waals surface area contributed by atoms with Gasteiger partial charge in [-0.25, -0.2) is 8.42 Å². The lowest BCUT2D eigenvalue weighted by Crippen LogP contribution is -2.20. The van der Waals surface area contributed by atoms with Gasteiger partial charge in [0.25, 0.3) is 0 Å². The smallest absolute Gasteiger partial charge is 0.178 e. The van der Waals surface area contributed by atoms with E-state index in [9.17, 15) is 13.5 Å². The molecule has 0 aromatic heterocycles. The molecule has 0 amide bonds. The summed E-state index contributed by atoms with van der Waals surface area (Å²) in [5.74, 6) is 0.102. The Labute approximate surface area is 103 Å². The standard InChI is InChI=1S/C12H19NO3S/c1-3-17(15,16)12-6-4-10(5-7-12)11(9-14)8-13-2/h4-7,11,13-14H,3,8-9H2,1-2H3. The van der Waals surface area contributed by atoms with Crippen LogP contribution in [0.2, 0.25) is 0 Å². The van der Waals surface area contributed by atoms with Gasteiger partial charge in [0, 0.05) is 12.5 Å². The number of nitrogens with one attached hydrogen (secondary N) is 1. The zero-order chi connectivity index (χ0) is 12.9. The predicted molar refractivity (Wildman–Crippen MR) is 67.9 cm³/mol. The fraction of sp³-hybridized carbons (Fsp3) is 0.500. The summed E-state index contributed by atoms with van der Waals surface area (Å²) >= 11 is 0. The summed E-state index contributed by atoms with van der Waals surface area (Å²) < 4.78 is 23.2. The number of aliphatic hydroxyl groups is 1. The average Bonchev–Trinajstić information content (AvgIpc) is 2.36. The first-order chi connectivity index (χ1) is 8.05. The maximum atomic E-state index is 11.6. The SMILES string of the molecule is CCS(=O)(=O)c1ccc(C(CO)CNC)cc1. The molecule has 0 radical (unpaired) electrons. The van der Waals surface area contributed by atoms with Crippen LogP contribution in [0.4, 0.5) is 0 Å². The van der Waals surface area contributed by atoms with Crippen molar-refractivity contribution in [3.8, 4) is 0 Å². The maximum Gasteiger partial charge on any atom is 0.178 e. The molecule has 0 heterocycles. The van der Waals surface area contributed by atoms with Gasteiger partial charge in [-0.1, -0.05) is 19.1 Å². The molecule has 96 valence electrons. The molecule has 1 aromatic carbocycles. The van der Waals surface area contributed by atoms with Gasteiger partial charge in [-0.2, -0.15) is 0 Å². The minimum atomic E-state index is -3.14. The Kier molecular flexibility index (Phi) is 5.11. The van der Waals surface area contributed by atoms with E-state index in [2.05, 4.69) is 5.32 Å². The van der Waals surface area contributed by atoms with E-state index in [0.29, 0.717) is 11.4 Å². The molecule has 0 aliphatic heterocycles. The van der Waals surface area contributed by atoms with E-state index in [0.717, 1.165) is 5.56 Å². The molecular formula is C12H19NO3S. The van der Waals surface area contributed by atoms with Crippen LogP contribution in [0, 0.1) is 0 Å². The van der Waals surface area contributed by atoms with Crippen LogP contribution in [0.3, 0.4) is 0 Å². The van der Waals surface area contributed by atoms with Crippen LogP contribution < -0.4 is 5.32 Å². The Bertz CT molecular complexity index is 439. The molecule has 1 aromatic rings. The van der Waals surface area contributed by atoms with Crippen LogP contribution >= 0.6 is 0 Å². The number of hydrogen-bond acceptors (Lipinski definition) is 4. The quantitative estimate of drug-likeness (QED) is 0.790. The Morgan fingerprint density at radius 1 is 1.29 bits per heavy atom. The van der Waals surface area contributed by atoms with Crippen LogP contribution in [-0.4, -0.2) is 39.5 Å². The fourth-order valence-electron chi connectivity index (χ4n) is 1.65. The van der Waals surface area contributed by atoms with E-state index in [-0.39, 0.29) is 18.3 Å². The zero-order valence-corrected chi connectivity index (χ0v) is 11.0. The first-order valence-corrected chi connectivity index (χ1v) is 7.28. The fourth-order valence-corrected chi connectivity index (χ4v) is 2.53. The molecule has 0 saturated carbocycles. The Hall–Kier alpha value is -0.910. The monoisotopic (exact) mass is 257 g/mol. The van der Waals surface area contributed by atoms with E-state index in [1.807, 2.05) is 7.05 Å². The van der Waals surface area contributed by atoms with E-state index < -0.39 is 9.84 Å². The van der Waals surface area contributed by atoms with Crippen LogP contribution in [-0.2, 0) is 9.84 Å². The molecule has 1 rings (SSSR count). The minimum absolute atomic E-state index is 0.00150. The van der Waals surface area contributed by atoms with Crippen LogP contribution in [0.1, 0.15) is 18.4 Å². The second kappa shape index (κ2) is 6.14. The molecule has 5 heteroatoms. The van der Waals surface area contributed by atoms with Gasteiger partial charge in [0.05, 0.1) is 17.3 Å². The summed E-state index contributed by atoms with van der Waals surface area (Å²) in [7, 11) is -1.32. The second-order valence-electron chi connectivity index (χ2n) is 3.91. The Morgan fingerprint density at radius 2 is 1.88 bits per heavy atom. The molecule has 4 nitrogen and oxygen atoms in total. The molecule has 1 atom stereocenters. The van der Waals surface area contributed by atoms with Gasteiger partial charge >= 0.3 is 0 Å². The lowest BCUT2D eigenvalue weighted by Gasteiger charge is -2.14. The molecule has 0 aliphatic rings. The predicted octanol–water partition coefficient (Wildman–Crippen LogP) is 0.775. The number of hydrogen-bond donors (Lipinski definition) is 2. The van der Waals surface area contributed by atoms with Gasteiger partial charge in [-0.15, -0.1) is 0 Å². The molecule has 1 unspecified atom stereocenters. The molecule has 0 bridgehead atoms. The first kappa shape index (κ1) is 14.2. The Balaban J connectivity index is 2.95. The number of rotatable bonds is 6. The number of likely N-dealkylation sites (N-methyl/N-ethyl adjacent to an activating group) is 1. The van der Waals surface area contributed by atoms with Crippen molar-refractivity contribution in [3.05, 3.63) is 29.8 Å². The average molecular weight is 257 g/mol. The summed E-state index contributed by atoms with van der Waals surface area (Å²) in [5, 5.41) is 12.2. The molecule has 0 aliphatic carbocycles. The number of aliphatic hydroxyl groups excluding tert-OH is 1. The lowest BCUT2D eigenvalue weighted by atomic mass is 10.0. The van der Waals surface area contributed by atoms with Crippen molar-refractivity contribution in [2.24, 2.45) is 0 Å². The number of benzene rings is 1. The lowest BCUT2D eigenvalue weighted by molar-refractivity contribution is 0.263. The van der Waals surface area contributed by atoms with Gasteiger partial charge in [0.15, 0.2) is 9.84 Å². The highest BCUT2D eigenvalue weighted by atomic mass is 32.2. The third-order valence-electron chi connectivity index (χ3n) is 2.76. The van der Waals surface area contributed by atoms with E-state index in [1.165, 1.54) is 0 Å². The normalized spacial score (nSPS) is 13.6. The summed E-state index contributed by atoms with van der Waals surface area (Å²) in [6.45, 7) is 2.33. The first-order valence-electron chi connectivity index (χ1n) is 5.63. The van der Waals surface area contributed by atoms with E-state index in [1.54, 1.807) is 31.2 Å². The van der Waals surface area contributed by atoms with Crippen molar-refractivity contribution in [1.29, 1.82) is 0 Å². The molecule has 0 spiro atoms. The summed E-state index contributed by atoms with van der Waals surface area (Å²) in [5.41, 5.74) is 0.942. The van der Waals surface area contributed by atoms with E-state index in [4.69, 9.17) is 0 Å². The van der Waals surface area contributed by atoms with Gasteiger partial charge in [0.1, 0.15) is 0 Å². The largest absolute Gasteiger partial charge is 0.396 e. The molecule has 2 N–H and O–H groups in total. The summed E-state index contributed by atoms with van der Waals surface area (Å²) in [6, 6.07) is 6.74. The van der Waals surface area contributed by atoms with Crippen LogP contribution in [0.5, 0.6) is 0 Å². The summed E-state index contributed by atoms with van der Waals surface area (Å²) in [4.78, 5) is 0.338. The number of sulfone groups is 1. The van der Waals surface area contributed by atoms with Gasteiger partial charge < -0.3 is 10.4 Å². The third-order valence-corrected chi connectivity index (χ3v) is 4.51. The third kappa shape index (κ3) is 3.52. The van der Waals surface area contributed by atoms with Crippen LogP contribution in [0.25, 0.3) is 0 Å². The van der Waals surface area contributed by atoms with Crippen molar-refractivity contribution in [2.45, 2.75) is 17.7 Å². The Morgan fingerprint density at radius 3 is 2.29 bits per heavy atom. The van der Waals surface area contributed by atoms with Crippen molar-refractivity contribution >= 4 is 9.84 Å². The van der Waals surface area contributed by atoms with Crippen LogP contribution in [0.15, 0.2) is 29.2 Å². The zero-order valence-electron chi connectivity index (χ0n) is 10.2. The molecule has 0 saturated heterocycles. The highest BCUT2D eigenvalue weighted by Gasteiger charge is 2.13. The molecule has 0 fully saturated rings. The minimum Gasteiger partial charge on any atom is -0.396 e. The highest BCUT2D eigenvalue weighted by Crippen LogP contribution is 2.18. The molecule has 17 heavy (non-hydrogen) atoms. The van der Waals surface area contributed by atoms with Gasteiger partial charge in [-0.3, -0.25) is 0 Å². The second-order valence-corrected chi connectivity index (χ2v) is 6.19. The molecular weight excluding hydrogens is 238 g/mol. The topological polar surface area (TPSA) is 66.4 Å². The maximum absolute atomic E-state index is 11.6. The highest BCUT2D eigenvalue weighted by molar-refractivity contribution is 7.91.